The molecule has 0 saturated carbocycles. The summed E-state index contributed by atoms with van der Waals surface area (Å²) in [4.78, 5) is 27.1. The molecule has 1 atom stereocenters. The highest BCUT2D eigenvalue weighted by Gasteiger charge is 2.28. The van der Waals surface area contributed by atoms with E-state index >= 15 is 0 Å². The molecule has 9 heteroatoms. The number of anilines is 1. The van der Waals surface area contributed by atoms with E-state index in [9.17, 15) is 18.0 Å². The fraction of sp³-hybridized carbons (Fsp3) is 0.333. The molecule has 3 rings (SSSR count). The first-order valence-electron chi connectivity index (χ1n) is 8.62. The number of rotatable bonds is 5. The number of hydrogen-bond acceptors (Lipinski definition) is 5. The predicted molar refractivity (Wildman–Crippen MR) is 104 cm³/mol. The molecule has 7 nitrogen and oxygen atoms in total. The van der Waals surface area contributed by atoms with Crippen LogP contribution in [0, 0.1) is 0 Å². The molecule has 4 N–H and O–H groups in total. The standard InChI is InChI=1S/C18H21N3O4S2/c1-3-27(24,25)12-6-4-11(5-7-12)17(23)20-18-15(16(19)22)13-8-9-21(2)10-14(13)26-18/h4-7H,3,8-10H2,1-2H3,(H2,19,22)(H,20,23)/p+1. The Morgan fingerprint density at radius 1 is 1.26 bits per heavy atom. The molecule has 0 aliphatic carbocycles. The second kappa shape index (κ2) is 7.41. The summed E-state index contributed by atoms with van der Waals surface area (Å²) in [5.74, 6) is -0.957. The molecular formula is C18H22N3O4S2+. The Morgan fingerprint density at radius 3 is 2.52 bits per heavy atom. The first kappa shape index (κ1) is 19.5. The van der Waals surface area contributed by atoms with E-state index in [0.717, 1.165) is 30.0 Å². The summed E-state index contributed by atoms with van der Waals surface area (Å²) in [6, 6.07) is 5.77. The van der Waals surface area contributed by atoms with Gasteiger partial charge in [-0.25, -0.2) is 8.42 Å². The van der Waals surface area contributed by atoms with Gasteiger partial charge in [0.15, 0.2) is 9.84 Å². The van der Waals surface area contributed by atoms with Gasteiger partial charge < -0.3 is 16.0 Å². The minimum absolute atomic E-state index is 0.00228. The van der Waals surface area contributed by atoms with Crippen molar-refractivity contribution in [2.45, 2.75) is 24.8 Å². The third-order valence-electron chi connectivity index (χ3n) is 4.68. The number of sulfone groups is 1. The van der Waals surface area contributed by atoms with Crippen LogP contribution in [0.1, 0.15) is 38.1 Å². The molecule has 1 aliphatic heterocycles. The quantitative estimate of drug-likeness (QED) is 0.668. The van der Waals surface area contributed by atoms with Crippen molar-refractivity contribution in [2.24, 2.45) is 5.73 Å². The van der Waals surface area contributed by atoms with Crippen molar-refractivity contribution in [2.75, 3.05) is 24.7 Å². The number of carbonyl (C=O) groups is 2. The Hall–Kier alpha value is -2.23. The number of nitrogens with two attached hydrogens (primary N) is 1. The van der Waals surface area contributed by atoms with E-state index in [1.807, 2.05) is 0 Å². The molecule has 0 fully saturated rings. The van der Waals surface area contributed by atoms with E-state index in [1.54, 1.807) is 6.92 Å². The highest BCUT2D eigenvalue weighted by molar-refractivity contribution is 7.91. The lowest BCUT2D eigenvalue weighted by Gasteiger charge is -2.19. The molecule has 1 aromatic heterocycles. The minimum Gasteiger partial charge on any atom is -0.365 e. The number of amides is 2. The van der Waals surface area contributed by atoms with Crippen molar-refractivity contribution in [3.63, 3.8) is 0 Å². The maximum absolute atomic E-state index is 12.6. The maximum atomic E-state index is 12.6. The molecule has 0 saturated heterocycles. The third-order valence-corrected chi connectivity index (χ3v) is 7.58. The van der Waals surface area contributed by atoms with Gasteiger partial charge in [-0.3, -0.25) is 9.59 Å². The first-order valence-corrected chi connectivity index (χ1v) is 11.1. The second-order valence-corrected chi connectivity index (χ2v) is 9.97. The Balaban J connectivity index is 1.87. The summed E-state index contributed by atoms with van der Waals surface area (Å²) in [7, 11) is -1.24. The highest BCUT2D eigenvalue weighted by Crippen LogP contribution is 2.34. The summed E-state index contributed by atoms with van der Waals surface area (Å²) in [5, 5.41) is 3.23. The van der Waals surface area contributed by atoms with Gasteiger partial charge in [-0.1, -0.05) is 6.92 Å². The maximum Gasteiger partial charge on any atom is 0.256 e. The van der Waals surface area contributed by atoms with Crippen LogP contribution in [0.4, 0.5) is 5.00 Å². The first-order chi connectivity index (χ1) is 12.7. The van der Waals surface area contributed by atoms with Crippen molar-refractivity contribution in [3.05, 3.63) is 45.8 Å². The summed E-state index contributed by atoms with van der Waals surface area (Å²) < 4.78 is 23.8. The van der Waals surface area contributed by atoms with Gasteiger partial charge in [-0.15, -0.1) is 11.3 Å². The van der Waals surface area contributed by atoms with E-state index in [1.165, 1.54) is 40.5 Å². The normalized spacial score (nSPS) is 16.6. The molecule has 1 unspecified atom stereocenters. The van der Waals surface area contributed by atoms with Gasteiger partial charge in [0.25, 0.3) is 11.8 Å². The average molecular weight is 409 g/mol. The lowest BCUT2D eigenvalue weighted by atomic mass is 10.0. The molecule has 0 bridgehead atoms. The van der Waals surface area contributed by atoms with Gasteiger partial charge in [0, 0.05) is 12.0 Å². The summed E-state index contributed by atoms with van der Waals surface area (Å²) in [6.45, 7) is 3.27. The molecule has 144 valence electrons. The topological polar surface area (TPSA) is 111 Å². The largest absolute Gasteiger partial charge is 0.365 e. The van der Waals surface area contributed by atoms with Crippen LogP contribution in [0.3, 0.4) is 0 Å². The lowest BCUT2D eigenvalue weighted by molar-refractivity contribution is -0.895. The number of hydrogen-bond donors (Lipinski definition) is 3. The highest BCUT2D eigenvalue weighted by atomic mass is 32.2. The number of thiophene rings is 1. The van der Waals surface area contributed by atoms with Crippen molar-refractivity contribution < 1.29 is 22.9 Å². The van der Waals surface area contributed by atoms with Crippen LogP contribution in [0.2, 0.25) is 0 Å². The van der Waals surface area contributed by atoms with Crippen LogP contribution in [-0.4, -0.2) is 39.6 Å². The molecule has 1 aromatic carbocycles. The second-order valence-electron chi connectivity index (χ2n) is 6.59. The van der Waals surface area contributed by atoms with Gasteiger partial charge in [-0.05, 0) is 29.8 Å². The Kier molecular flexibility index (Phi) is 5.36. The summed E-state index contributed by atoms with van der Waals surface area (Å²) in [5.41, 5.74) is 7.19. The molecule has 2 heterocycles. The van der Waals surface area contributed by atoms with E-state index in [2.05, 4.69) is 12.4 Å². The van der Waals surface area contributed by atoms with Gasteiger partial charge in [-0.2, -0.15) is 0 Å². The van der Waals surface area contributed by atoms with Crippen LogP contribution < -0.4 is 16.0 Å². The van der Waals surface area contributed by atoms with E-state index < -0.39 is 21.7 Å². The number of benzene rings is 1. The fourth-order valence-electron chi connectivity index (χ4n) is 3.12. The zero-order chi connectivity index (χ0) is 19.8. The molecule has 2 aromatic rings. The molecule has 1 aliphatic rings. The Morgan fingerprint density at radius 2 is 1.93 bits per heavy atom. The van der Waals surface area contributed by atoms with E-state index in [0.29, 0.717) is 16.1 Å². The molecule has 27 heavy (non-hydrogen) atoms. The fourth-order valence-corrected chi connectivity index (χ4v) is 5.37. The zero-order valence-corrected chi connectivity index (χ0v) is 16.8. The Bertz CT molecular complexity index is 994. The number of carbonyl (C=O) groups excluding carboxylic acids is 2. The van der Waals surface area contributed by atoms with Crippen molar-refractivity contribution in [1.82, 2.24) is 0 Å². The minimum atomic E-state index is -3.32. The summed E-state index contributed by atoms with van der Waals surface area (Å²) >= 11 is 1.38. The van der Waals surface area contributed by atoms with Crippen LogP contribution in [-0.2, 0) is 22.8 Å². The van der Waals surface area contributed by atoms with Crippen LogP contribution in [0.5, 0.6) is 0 Å². The number of nitrogens with one attached hydrogen (secondary N) is 2. The van der Waals surface area contributed by atoms with Crippen molar-refractivity contribution in [3.8, 4) is 0 Å². The number of likely N-dealkylation sites (N-methyl/N-ethyl adjacent to an activating group) is 1. The lowest BCUT2D eigenvalue weighted by Crippen LogP contribution is -3.08. The van der Waals surface area contributed by atoms with Gasteiger partial charge in [0.1, 0.15) is 11.5 Å². The smallest absolute Gasteiger partial charge is 0.256 e. The van der Waals surface area contributed by atoms with Crippen molar-refractivity contribution in [1.29, 1.82) is 0 Å². The SMILES string of the molecule is CCS(=O)(=O)c1ccc(C(=O)Nc2sc3c(c2C(N)=O)CC[NH+](C)C3)cc1. The van der Waals surface area contributed by atoms with Crippen LogP contribution in [0.15, 0.2) is 29.2 Å². The van der Waals surface area contributed by atoms with E-state index in [-0.39, 0.29) is 10.6 Å². The zero-order valence-electron chi connectivity index (χ0n) is 15.2. The summed E-state index contributed by atoms with van der Waals surface area (Å²) in [6.07, 6.45) is 0.745. The number of fused-ring (bicyclic) bond motifs is 1. The van der Waals surface area contributed by atoms with Crippen molar-refractivity contribution >= 4 is 38.0 Å². The molecule has 0 spiro atoms. The Labute approximate surface area is 162 Å². The molecule has 2 amide bonds. The molecule has 0 radical (unpaired) electrons. The van der Waals surface area contributed by atoms with Gasteiger partial charge in [0.2, 0.25) is 0 Å². The van der Waals surface area contributed by atoms with E-state index in [4.69, 9.17) is 5.73 Å². The third kappa shape index (κ3) is 3.90. The van der Waals surface area contributed by atoms with Gasteiger partial charge >= 0.3 is 0 Å². The average Bonchev–Trinajstić information content (AvgIpc) is 2.98. The number of quaternary nitrogens is 1. The van der Waals surface area contributed by atoms with Crippen LogP contribution in [0.25, 0.3) is 0 Å². The van der Waals surface area contributed by atoms with Crippen LogP contribution >= 0.6 is 11.3 Å². The molecular weight excluding hydrogens is 386 g/mol. The predicted octanol–water partition coefficient (Wildman–Crippen LogP) is 0.464. The number of primary amides is 1. The monoisotopic (exact) mass is 408 g/mol. The van der Waals surface area contributed by atoms with Gasteiger partial charge in [0.05, 0.1) is 34.7 Å².